The molecule has 0 radical (unpaired) electrons. The number of halogens is 2. The van der Waals surface area contributed by atoms with Gasteiger partial charge in [-0.1, -0.05) is 0 Å². The van der Waals surface area contributed by atoms with E-state index < -0.39 is 0 Å². The quantitative estimate of drug-likeness (QED) is 0.160. The van der Waals surface area contributed by atoms with E-state index in [0.29, 0.717) is 6.61 Å². The summed E-state index contributed by atoms with van der Waals surface area (Å²) < 4.78 is 10.9. The van der Waals surface area contributed by atoms with Gasteiger partial charge in [0.1, 0.15) is 0 Å². The standard InChI is InChI=1S/C16H13I2N2O/c17-11-3-6-15-13(7-11)16(10-1-4-12(19)5-2-10)14(8-21-15)20-9-18-20/h1-7H,8-9,19H2/q-1. The second-order valence-corrected chi connectivity index (χ2v) is 8.75. The Balaban J connectivity index is 1.93. The van der Waals surface area contributed by atoms with Crippen molar-refractivity contribution in [2.24, 2.45) is 0 Å². The topological polar surface area (TPSA) is 38.3 Å². The first-order valence-corrected chi connectivity index (χ1v) is 10.2. The van der Waals surface area contributed by atoms with Crippen LogP contribution in [0.2, 0.25) is 0 Å². The van der Waals surface area contributed by atoms with Crippen molar-refractivity contribution in [3.8, 4) is 5.75 Å². The number of nitrogen functional groups attached to an aromatic ring is 1. The van der Waals surface area contributed by atoms with Crippen LogP contribution in [-0.2, 0) is 0 Å². The van der Waals surface area contributed by atoms with E-state index in [1.165, 1.54) is 30.5 Å². The Morgan fingerprint density at radius 3 is 2.62 bits per heavy atom. The van der Waals surface area contributed by atoms with Crippen molar-refractivity contribution in [1.29, 1.82) is 0 Å². The molecule has 2 heterocycles. The number of benzene rings is 2. The molecular weight excluding hydrogens is 490 g/mol. The molecule has 0 amide bonds. The number of nitrogens with zero attached hydrogens (tertiary/aromatic N) is 1. The van der Waals surface area contributed by atoms with Gasteiger partial charge in [0.2, 0.25) is 0 Å². The molecule has 2 N–H and O–H groups in total. The Kier molecular flexibility index (Phi) is 3.49. The number of anilines is 1. The van der Waals surface area contributed by atoms with E-state index in [4.69, 9.17) is 10.5 Å². The van der Waals surface area contributed by atoms with E-state index >= 15 is 0 Å². The molecule has 5 heteroatoms. The minimum atomic E-state index is 0.194. The summed E-state index contributed by atoms with van der Waals surface area (Å²) in [5.41, 5.74) is 11.7. The van der Waals surface area contributed by atoms with Gasteiger partial charge >= 0.3 is 149 Å². The second-order valence-electron chi connectivity index (χ2n) is 4.97. The van der Waals surface area contributed by atoms with Crippen LogP contribution >= 0.6 is 22.6 Å². The molecule has 2 aliphatic rings. The van der Waals surface area contributed by atoms with Crippen molar-refractivity contribution >= 4 is 33.9 Å². The van der Waals surface area contributed by atoms with E-state index in [2.05, 4.69) is 56.0 Å². The van der Waals surface area contributed by atoms with Crippen LogP contribution in [0, 0.1) is 3.57 Å². The number of hydrogen-bond acceptors (Lipinski definition) is 3. The van der Waals surface area contributed by atoms with Gasteiger partial charge in [0, 0.05) is 0 Å². The molecule has 0 aliphatic carbocycles. The molecule has 0 unspecified atom stereocenters. The van der Waals surface area contributed by atoms with Gasteiger partial charge in [0.05, 0.1) is 0 Å². The summed E-state index contributed by atoms with van der Waals surface area (Å²) in [4.78, 5) is 0. The van der Waals surface area contributed by atoms with Crippen molar-refractivity contribution in [1.82, 2.24) is 3.11 Å². The zero-order valence-electron chi connectivity index (χ0n) is 11.1. The first-order valence-electron chi connectivity index (χ1n) is 6.61. The van der Waals surface area contributed by atoms with Crippen LogP contribution in [0.3, 0.4) is 0 Å². The van der Waals surface area contributed by atoms with Gasteiger partial charge in [-0.15, -0.1) is 0 Å². The summed E-state index contributed by atoms with van der Waals surface area (Å²) in [5.74, 6) is 0.978. The predicted octanol–water partition coefficient (Wildman–Crippen LogP) is 0.302. The van der Waals surface area contributed by atoms with E-state index in [9.17, 15) is 0 Å². The fourth-order valence-electron chi connectivity index (χ4n) is 2.53. The molecule has 2 aromatic rings. The van der Waals surface area contributed by atoms with Crippen molar-refractivity contribution in [2.75, 3.05) is 16.9 Å². The number of rotatable bonds is 2. The third-order valence-electron chi connectivity index (χ3n) is 3.60. The van der Waals surface area contributed by atoms with Crippen LogP contribution in [-0.4, -0.2) is 14.3 Å². The van der Waals surface area contributed by atoms with Crippen LogP contribution in [0.5, 0.6) is 5.75 Å². The molecule has 2 aromatic carbocycles. The van der Waals surface area contributed by atoms with Gasteiger partial charge in [-0.25, -0.2) is 0 Å². The Labute approximate surface area is 147 Å². The van der Waals surface area contributed by atoms with Crippen molar-refractivity contribution in [3.05, 3.63) is 62.9 Å². The molecular formula is C16H13I2N2O-. The predicted molar refractivity (Wildman–Crippen MR) is 88.2 cm³/mol. The average molecular weight is 503 g/mol. The summed E-state index contributed by atoms with van der Waals surface area (Å²) in [6.07, 6.45) is 0. The molecule has 4 rings (SSSR count). The molecule has 0 spiro atoms. The molecule has 0 saturated carbocycles. The third kappa shape index (κ3) is 2.61. The normalized spacial score (nSPS) is 16.9. The molecule has 2 aliphatic heterocycles. The SMILES string of the molecule is Nc1ccc(C2=C(N3C[I-]3)COc3ccc(I)cc32)cc1. The summed E-state index contributed by atoms with van der Waals surface area (Å²) in [6.45, 7) is 0.674. The third-order valence-corrected chi connectivity index (χ3v) is 6.21. The first-order chi connectivity index (χ1) is 10.2. The maximum atomic E-state index is 5.96. The van der Waals surface area contributed by atoms with Gasteiger partial charge in [-0.05, 0) is 0 Å². The fourth-order valence-corrected chi connectivity index (χ4v) is 4.38. The molecule has 0 aromatic heterocycles. The van der Waals surface area contributed by atoms with E-state index in [1.54, 1.807) is 0 Å². The van der Waals surface area contributed by atoms with Crippen LogP contribution in [0.25, 0.3) is 5.57 Å². The molecule has 0 atom stereocenters. The summed E-state index contributed by atoms with van der Waals surface area (Å²) >= 11 is 2.55. The van der Waals surface area contributed by atoms with Gasteiger partial charge in [-0.2, -0.15) is 0 Å². The zero-order chi connectivity index (χ0) is 14.4. The van der Waals surface area contributed by atoms with Gasteiger partial charge in [0.25, 0.3) is 0 Å². The Morgan fingerprint density at radius 2 is 1.90 bits per heavy atom. The number of alkyl halides is 1. The van der Waals surface area contributed by atoms with E-state index in [-0.39, 0.29) is 21.5 Å². The van der Waals surface area contributed by atoms with Crippen molar-refractivity contribution in [3.63, 3.8) is 0 Å². The maximum absolute atomic E-state index is 5.96. The van der Waals surface area contributed by atoms with Gasteiger partial charge in [-0.3, -0.25) is 0 Å². The number of ether oxygens (including phenoxy) is 1. The summed E-state index contributed by atoms with van der Waals surface area (Å²) in [6, 6.07) is 14.5. The first kappa shape index (κ1) is 13.7. The monoisotopic (exact) mass is 503 g/mol. The molecule has 21 heavy (non-hydrogen) atoms. The summed E-state index contributed by atoms with van der Waals surface area (Å²) in [7, 11) is 0. The molecule has 3 nitrogen and oxygen atoms in total. The molecule has 0 bridgehead atoms. The van der Waals surface area contributed by atoms with E-state index in [1.807, 2.05) is 12.1 Å². The van der Waals surface area contributed by atoms with Crippen LogP contribution in [0.4, 0.5) is 5.69 Å². The Morgan fingerprint density at radius 1 is 1.14 bits per heavy atom. The molecule has 108 valence electrons. The number of nitrogens with two attached hydrogens (primary N) is 1. The Hall–Kier alpha value is -0.960. The average Bonchev–Trinajstić information content (AvgIpc) is 3.32. The van der Waals surface area contributed by atoms with Crippen molar-refractivity contribution < 1.29 is 26.2 Å². The number of fused-ring (bicyclic) bond motifs is 1. The van der Waals surface area contributed by atoms with Crippen molar-refractivity contribution in [2.45, 2.75) is 0 Å². The summed E-state index contributed by atoms with van der Waals surface area (Å²) in [5, 5.41) is 0. The van der Waals surface area contributed by atoms with Gasteiger partial charge < -0.3 is 0 Å². The van der Waals surface area contributed by atoms with Crippen LogP contribution < -0.4 is 31.9 Å². The molecule has 1 fully saturated rings. The Bertz CT molecular complexity index is 736. The zero-order valence-corrected chi connectivity index (χ0v) is 15.5. The van der Waals surface area contributed by atoms with Crippen LogP contribution in [0.1, 0.15) is 11.1 Å². The number of hydrogen-bond donors (Lipinski definition) is 1. The minimum absolute atomic E-state index is 0.194. The van der Waals surface area contributed by atoms with Crippen LogP contribution in [0.15, 0.2) is 48.2 Å². The van der Waals surface area contributed by atoms with E-state index in [0.717, 1.165) is 11.4 Å². The second kappa shape index (κ2) is 5.35. The van der Waals surface area contributed by atoms with Gasteiger partial charge in [0.15, 0.2) is 0 Å². The fraction of sp³-hybridized carbons (Fsp3) is 0.125. The molecule has 1 saturated heterocycles.